The fraction of sp³-hybridized carbons (Fsp3) is 0.318. The van der Waals surface area contributed by atoms with Gasteiger partial charge in [0.2, 0.25) is 0 Å². The number of fused-ring (bicyclic) bond motifs is 1. The Morgan fingerprint density at radius 2 is 2.03 bits per heavy atom. The average Bonchev–Trinajstić information content (AvgIpc) is 2.72. The second kappa shape index (κ2) is 9.22. The van der Waals surface area contributed by atoms with Gasteiger partial charge in [-0.1, -0.05) is 29.3 Å². The van der Waals surface area contributed by atoms with E-state index < -0.39 is 0 Å². The number of anilines is 1. The van der Waals surface area contributed by atoms with Gasteiger partial charge in [0, 0.05) is 42.3 Å². The van der Waals surface area contributed by atoms with Gasteiger partial charge in [0.1, 0.15) is 11.6 Å². The van der Waals surface area contributed by atoms with Crippen LogP contribution in [0.2, 0.25) is 0 Å². The maximum Gasteiger partial charge on any atom is 0.282 e. The molecule has 7 heteroatoms. The normalized spacial score (nSPS) is 11.3. The van der Waals surface area contributed by atoms with E-state index in [9.17, 15) is 4.79 Å². The van der Waals surface area contributed by atoms with Crippen LogP contribution in [0.5, 0.6) is 5.75 Å². The molecule has 0 aliphatic carbocycles. The van der Waals surface area contributed by atoms with Gasteiger partial charge in [-0.05, 0) is 36.8 Å². The first-order valence-corrected chi connectivity index (χ1v) is 10.3. The number of methoxy groups -OCH3 is 1. The van der Waals surface area contributed by atoms with Gasteiger partial charge < -0.3 is 9.64 Å². The topological polar surface area (TPSA) is 59.7 Å². The fourth-order valence-corrected chi connectivity index (χ4v) is 3.38. The molecular weight excluding hydrogens is 432 g/mol. The van der Waals surface area contributed by atoms with Gasteiger partial charge in [-0.25, -0.2) is 4.98 Å². The summed E-state index contributed by atoms with van der Waals surface area (Å²) >= 11 is 3.43. The van der Waals surface area contributed by atoms with E-state index in [1.807, 2.05) is 49.3 Å². The molecule has 0 atom stereocenters. The van der Waals surface area contributed by atoms with Crippen molar-refractivity contribution in [1.82, 2.24) is 9.66 Å². The van der Waals surface area contributed by atoms with Crippen molar-refractivity contribution in [2.24, 2.45) is 5.10 Å². The monoisotopic (exact) mass is 456 g/mol. The number of unbranched alkanes of at least 4 members (excludes halogenated alkanes) is 1. The fourth-order valence-electron chi connectivity index (χ4n) is 3.02. The molecule has 0 fully saturated rings. The summed E-state index contributed by atoms with van der Waals surface area (Å²) in [7, 11) is 5.57. The predicted octanol–water partition coefficient (Wildman–Crippen LogP) is 4.46. The van der Waals surface area contributed by atoms with Gasteiger partial charge in [0.15, 0.2) is 0 Å². The lowest BCUT2D eigenvalue weighted by Crippen LogP contribution is -2.22. The number of hydrogen-bond acceptors (Lipinski definition) is 5. The Labute approximate surface area is 179 Å². The lowest BCUT2D eigenvalue weighted by Gasteiger charge is -2.14. The number of nitrogens with zero attached hydrogens (tertiary/aromatic N) is 4. The van der Waals surface area contributed by atoms with Crippen LogP contribution in [0.1, 0.15) is 31.2 Å². The molecule has 0 radical (unpaired) electrons. The molecule has 0 unspecified atom stereocenters. The minimum Gasteiger partial charge on any atom is -0.496 e. The number of aryl methyl sites for hydroxylation is 1. The standard InChI is InChI=1S/C22H25BrN4O2/c1-5-6-7-21-25-19-11-9-16(23)12-18(19)22(28)27(21)24-14-15-8-10-17(26(2)3)13-20(15)29-4/h8-14H,5-7H2,1-4H3. The summed E-state index contributed by atoms with van der Waals surface area (Å²) in [5.74, 6) is 1.35. The SMILES string of the molecule is CCCCc1nc2ccc(Br)cc2c(=O)n1N=Cc1ccc(N(C)C)cc1OC. The number of aromatic nitrogens is 2. The zero-order valence-corrected chi connectivity index (χ0v) is 18.7. The molecule has 3 aromatic rings. The van der Waals surface area contributed by atoms with E-state index in [0.29, 0.717) is 28.9 Å². The third kappa shape index (κ3) is 4.67. The Morgan fingerprint density at radius 3 is 2.72 bits per heavy atom. The molecule has 0 spiro atoms. The highest BCUT2D eigenvalue weighted by Gasteiger charge is 2.11. The van der Waals surface area contributed by atoms with E-state index in [1.54, 1.807) is 19.4 Å². The quantitative estimate of drug-likeness (QED) is 0.492. The molecule has 0 aliphatic rings. The molecule has 0 amide bonds. The Kier molecular flexibility index (Phi) is 6.69. The first-order chi connectivity index (χ1) is 13.9. The minimum absolute atomic E-state index is 0.178. The van der Waals surface area contributed by atoms with Gasteiger partial charge in [-0.2, -0.15) is 9.78 Å². The first-order valence-electron chi connectivity index (χ1n) is 9.55. The van der Waals surface area contributed by atoms with Crippen LogP contribution < -0.4 is 15.2 Å². The Bertz CT molecular complexity index is 1110. The molecule has 152 valence electrons. The number of hydrogen-bond donors (Lipinski definition) is 0. The van der Waals surface area contributed by atoms with Crippen molar-refractivity contribution in [2.75, 3.05) is 26.1 Å². The summed E-state index contributed by atoms with van der Waals surface area (Å²) < 4.78 is 7.75. The molecule has 0 saturated carbocycles. The van der Waals surface area contributed by atoms with Gasteiger partial charge in [-0.15, -0.1) is 0 Å². The van der Waals surface area contributed by atoms with Crippen molar-refractivity contribution in [3.05, 3.63) is 62.6 Å². The third-order valence-electron chi connectivity index (χ3n) is 4.68. The third-order valence-corrected chi connectivity index (χ3v) is 5.17. The van der Waals surface area contributed by atoms with Crippen LogP contribution in [0.4, 0.5) is 5.69 Å². The molecule has 0 saturated heterocycles. The summed E-state index contributed by atoms with van der Waals surface area (Å²) in [5.41, 5.74) is 2.32. The molecule has 6 nitrogen and oxygen atoms in total. The van der Waals surface area contributed by atoms with Crippen molar-refractivity contribution < 1.29 is 4.74 Å². The summed E-state index contributed by atoms with van der Waals surface area (Å²) in [6, 6.07) is 11.4. The molecule has 0 bridgehead atoms. The Hall–Kier alpha value is -2.67. The molecule has 1 heterocycles. The van der Waals surface area contributed by atoms with E-state index in [-0.39, 0.29) is 5.56 Å². The van der Waals surface area contributed by atoms with Gasteiger partial charge in [0.05, 0.1) is 24.2 Å². The number of benzene rings is 2. The second-order valence-electron chi connectivity index (χ2n) is 6.98. The largest absolute Gasteiger partial charge is 0.496 e. The molecule has 0 aliphatic heterocycles. The lowest BCUT2D eigenvalue weighted by molar-refractivity contribution is 0.414. The molecular formula is C22H25BrN4O2. The van der Waals surface area contributed by atoms with Crippen molar-refractivity contribution in [3.8, 4) is 5.75 Å². The van der Waals surface area contributed by atoms with Crippen LogP contribution in [0.3, 0.4) is 0 Å². The maximum atomic E-state index is 13.1. The summed E-state index contributed by atoms with van der Waals surface area (Å²) in [4.78, 5) is 19.8. The smallest absolute Gasteiger partial charge is 0.282 e. The van der Waals surface area contributed by atoms with Crippen LogP contribution in [-0.4, -0.2) is 37.1 Å². The zero-order valence-electron chi connectivity index (χ0n) is 17.1. The van der Waals surface area contributed by atoms with Gasteiger partial charge in [0.25, 0.3) is 5.56 Å². The molecule has 0 N–H and O–H groups in total. The van der Waals surface area contributed by atoms with Crippen molar-refractivity contribution in [3.63, 3.8) is 0 Å². The van der Waals surface area contributed by atoms with Crippen molar-refractivity contribution in [1.29, 1.82) is 0 Å². The second-order valence-corrected chi connectivity index (χ2v) is 7.89. The molecule has 3 rings (SSSR count). The number of halogens is 1. The zero-order chi connectivity index (χ0) is 21.0. The van der Waals surface area contributed by atoms with Gasteiger partial charge >= 0.3 is 0 Å². The maximum absolute atomic E-state index is 13.1. The van der Waals surface area contributed by atoms with E-state index in [4.69, 9.17) is 9.72 Å². The number of rotatable bonds is 7. The summed E-state index contributed by atoms with van der Waals surface area (Å²) in [6.07, 6.45) is 4.29. The van der Waals surface area contributed by atoms with Crippen LogP contribution in [0, 0.1) is 0 Å². The summed E-state index contributed by atoms with van der Waals surface area (Å²) in [6.45, 7) is 2.11. The highest BCUT2D eigenvalue weighted by atomic mass is 79.9. The number of ether oxygens (including phenoxy) is 1. The van der Waals surface area contributed by atoms with Crippen LogP contribution in [0.15, 0.2) is 50.8 Å². The van der Waals surface area contributed by atoms with Crippen molar-refractivity contribution >= 4 is 38.7 Å². The van der Waals surface area contributed by atoms with E-state index in [2.05, 4.69) is 28.0 Å². The lowest BCUT2D eigenvalue weighted by atomic mass is 10.2. The highest BCUT2D eigenvalue weighted by Crippen LogP contribution is 2.23. The highest BCUT2D eigenvalue weighted by molar-refractivity contribution is 9.10. The Morgan fingerprint density at radius 1 is 1.24 bits per heavy atom. The molecule has 1 aromatic heterocycles. The van der Waals surface area contributed by atoms with Gasteiger partial charge in [-0.3, -0.25) is 4.79 Å². The van der Waals surface area contributed by atoms with Crippen LogP contribution >= 0.6 is 15.9 Å². The summed E-state index contributed by atoms with van der Waals surface area (Å²) in [5, 5.41) is 5.03. The van der Waals surface area contributed by atoms with E-state index in [0.717, 1.165) is 28.6 Å². The molecule has 2 aromatic carbocycles. The predicted molar refractivity (Wildman–Crippen MR) is 123 cm³/mol. The Balaban J connectivity index is 2.10. The molecule has 29 heavy (non-hydrogen) atoms. The van der Waals surface area contributed by atoms with E-state index in [1.165, 1.54) is 4.68 Å². The van der Waals surface area contributed by atoms with Crippen molar-refractivity contribution in [2.45, 2.75) is 26.2 Å². The first kappa shape index (κ1) is 21.0. The van der Waals surface area contributed by atoms with Crippen LogP contribution in [-0.2, 0) is 6.42 Å². The van der Waals surface area contributed by atoms with Crippen LogP contribution in [0.25, 0.3) is 10.9 Å². The van der Waals surface area contributed by atoms with E-state index >= 15 is 0 Å². The average molecular weight is 457 g/mol. The minimum atomic E-state index is -0.178.